The molecule has 4 unspecified atom stereocenters. The lowest BCUT2D eigenvalue weighted by Gasteiger charge is -2.27. The number of carbonyl (C=O) groups excluding carboxylic acids is 1. The minimum absolute atomic E-state index is 0.0178. The summed E-state index contributed by atoms with van der Waals surface area (Å²) in [6, 6.07) is 0. The van der Waals surface area contributed by atoms with Gasteiger partial charge in [0.15, 0.2) is 0 Å². The Balaban J connectivity index is 1.76. The first-order valence-electron chi connectivity index (χ1n) is 5.94. The van der Waals surface area contributed by atoms with E-state index >= 15 is 0 Å². The third-order valence-corrected chi connectivity index (χ3v) is 3.61. The van der Waals surface area contributed by atoms with Gasteiger partial charge in [-0.15, -0.1) is 0 Å². The van der Waals surface area contributed by atoms with Crippen LogP contribution in [-0.2, 0) is 14.3 Å². The Bertz CT molecular complexity index is 239. The molecule has 2 rings (SSSR count). The first-order chi connectivity index (χ1) is 7.20. The molecule has 0 radical (unpaired) electrons. The van der Waals surface area contributed by atoms with E-state index in [2.05, 4.69) is 6.92 Å². The predicted molar refractivity (Wildman–Crippen MR) is 56.4 cm³/mol. The van der Waals surface area contributed by atoms with Crippen molar-refractivity contribution in [2.75, 3.05) is 7.11 Å². The van der Waals surface area contributed by atoms with E-state index in [1.807, 2.05) is 0 Å². The quantitative estimate of drug-likeness (QED) is 0.672. The average Bonchev–Trinajstić information content (AvgIpc) is 2.96. The van der Waals surface area contributed by atoms with Crippen LogP contribution in [0.2, 0.25) is 0 Å². The molecule has 3 heteroatoms. The maximum Gasteiger partial charge on any atom is 0.309 e. The fourth-order valence-corrected chi connectivity index (χ4v) is 2.33. The van der Waals surface area contributed by atoms with Crippen molar-refractivity contribution >= 4 is 5.97 Å². The molecule has 86 valence electrons. The molecule has 2 aliphatic carbocycles. The molecule has 3 nitrogen and oxygen atoms in total. The van der Waals surface area contributed by atoms with Gasteiger partial charge in [-0.1, -0.05) is 6.92 Å². The second kappa shape index (κ2) is 4.52. The predicted octanol–water partition coefficient (Wildman–Crippen LogP) is 2.14. The molecule has 0 aromatic carbocycles. The molecule has 0 bridgehead atoms. The van der Waals surface area contributed by atoms with Crippen molar-refractivity contribution < 1.29 is 14.3 Å². The zero-order valence-corrected chi connectivity index (χ0v) is 9.57. The average molecular weight is 212 g/mol. The van der Waals surface area contributed by atoms with E-state index < -0.39 is 0 Å². The number of rotatable bonds is 3. The number of hydrogen-bond donors (Lipinski definition) is 0. The third kappa shape index (κ3) is 2.71. The van der Waals surface area contributed by atoms with Crippen LogP contribution >= 0.6 is 0 Å². The maximum atomic E-state index is 11.6. The summed E-state index contributed by atoms with van der Waals surface area (Å²) < 4.78 is 10.8. The Morgan fingerprint density at radius 2 is 1.87 bits per heavy atom. The summed E-state index contributed by atoms with van der Waals surface area (Å²) in [4.78, 5) is 11.6. The summed E-state index contributed by atoms with van der Waals surface area (Å²) in [6.45, 7) is 2.10. The Hall–Kier alpha value is -0.570. The van der Waals surface area contributed by atoms with E-state index in [0.717, 1.165) is 32.1 Å². The highest BCUT2D eigenvalue weighted by molar-refractivity contribution is 5.75. The summed E-state index contributed by atoms with van der Waals surface area (Å²) in [5.74, 6) is 0.747. The first-order valence-corrected chi connectivity index (χ1v) is 5.94. The smallest absolute Gasteiger partial charge is 0.309 e. The second-order valence-corrected chi connectivity index (χ2v) is 4.90. The van der Waals surface area contributed by atoms with Crippen molar-refractivity contribution in [2.45, 2.75) is 51.2 Å². The molecule has 0 aromatic heterocycles. The third-order valence-electron chi connectivity index (χ3n) is 3.61. The standard InChI is InChI=1S/C12H20O3/c1-8-6-11(8)12(13)15-10-5-3-4-9(7-10)14-2/h8-11H,3-7H2,1-2H3. The van der Waals surface area contributed by atoms with Gasteiger partial charge < -0.3 is 9.47 Å². The largest absolute Gasteiger partial charge is 0.462 e. The lowest BCUT2D eigenvalue weighted by molar-refractivity contribution is -0.154. The molecule has 0 spiro atoms. The highest BCUT2D eigenvalue weighted by atomic mass is 16.5. The van der Waals surface area contributed by atoms with Crippen LogP contribution in [0.1, 0.15) is 39.0 Å². The fourth-order valence-electron chi connectivity index (χ4n) is 2.33. The van der Waals surface area contributed by atoms with Crippen molar-refractivity contribution in [3.63, 3.8) is 0 Å². The van der Waals surface area contributed by atoms with E-state index in [4.69, 9.17) is 9.47 Å². The van der Waals surface area contributed by atoms with Crippen LogP contribution in [-0.4, -0.2) is 25.3 Å². The summed E-state index contributed by atoms with van der Waals surface area (Å²) in [5.41, 5.74) is 0. The van der Waals surface area contributed by atoms with Gasteiger partial charge in [-0.05, 0) is 31.6 Å². The van der Waals surface area contributed by atoms with Crippen molar-refractivity contribution in [1.82, 2.24) is 0 Å². The molecule has 2 aliphatic rings. The maximum absolute atomic E-state index is 11.6. The zero-order valence-electron chi connectivity index (χ0n) is 9.57. The molecule has 0 saturated heterocycles. The SMILES string of the molecule is COC1CCCC(OC(=O)C2CC2C)C1. The summed E-state index contributed by atoms with van der Waals surface area (Å²) >= 11 is 0. The summed E-state index contributed by atoms with van der Waals surface area (Å²) in [7, 11) is 1.73. The highest BCUT2D eigenvalue weighted by Gasteiger charge is 2.41. The van der Waals surface area contributed by atoms with Crippen LogP contribution in [0.15, 0.2) is 0 Å². The zero-order chi connectivity index (χ0) is 10.8. The van der Waals surface area contributed by atoms with Crippen LogP contribution < -0.4 is 0 Å². The molecule has 2 fully saturated rings. The number of carbonyl (C=O) groups is 1. The Morgan fingerprint density at radius 1 is 1.20 bits per heavy atom. The number of hydrogen-bond acceptors (Lipinski definition) is 3. The van der Waals surface area contributed by atoms with E-state index in [1.165, 1.54) is 0 Å². The van der Waals surface area contributed by atoms with Crippen molar-refractivity contribution in [3.05, 3.63) is 0 Å². The molecule has 2 saturated carbocycles. The van der Waals surface area contributed by atoms with Crippen LogP contribution in [0.4, 0.5) is 0 Å². The molecular weight excluding hydrogens is 192 g/mol. The first kappa shape index (κ1) is 10.9. The Labute approximate surface area is 91.1 Å². The molecular formula is C12H20O3. The molecule has 0 amide bonds. The van der Waals surface area contributed by atoms with Crippen molar-refractivity contribution in [1.29, 1.82) is 0 Å². The van der Waals surface area contributed by atoms with Crippen molar-refractivity contribution in [2.24, 2.45) is 11.8 Å². The van der Waals surface area contributed by atoms with Gasteiger partial charge in [-0.3, -0.25) is 4.79 Å². The van der Waals surface area contributed by atoms with Crippen LogP contribution in [0.3, 0.4) is 0 Å². The lowest BCUT2D eigenvalue weighted by Crippen LogP contribution is -2.29. The van der Waals surface area contributed by atoms with Gasteiger partial charge in [-0.2, -0.15) is 0 Å². The highest BCUT2D eigenvalue weighted by Crippen LogP contribution is 2.39. The number of esters is 1. The Kier molecular flexibility index (Phi) is 3.29. The minimum Gasteiger partial charge on any atom is -0.462 e. The van der Waals surface area contributed by atoms with Gasteiger partial charge in [0.1, 0.15) is 6.10 Å². The minimum atomic E-state index is 0.0178. The van der Waals surface area contributed by atoms with Gasteiger partial charge in [0.05, 0.1) is 12.0 Å². The normalized spacial score (nSPS) is 39.9. The van der Waals surface area contributed by atoms with E-state index in [-0.39, 0.29) is 24.1 Å². The van der Waals surface area contributed by atoms with Gasteiger partial charge in [0.25, 0.3) is 0 Å². The van der Waals surface area contributed by atoms with E-state index in [9.17, 15) is 4.79 Å². The molecule has 0 N–H and O–H groups in total. The van der Waals surface area contributed by atoms with Gasteiger partial charge in [0, 0.05) is 13.5 Å². The van der Waals surface area contributed by atoms with Crippen LogP contribution in [0, 0.1) is 11.8 Å². The van der Waals surface area contributed by atoms with Crippen molar-refractivity contribution in [3.8, 4) is 0 Å². The number of ether oxygens (including phenoxy) is 2. The van der Waals surface area contributed by atoms with Gasteiger partial charge in [0.2, 0.25) is 0 Å². The fraction of sp³-hybridized carbons (Fsp3) is 0.917. The van der Waals surface area contributed by atoms with Crippen LogP contribution in [0.25, 0.3) is 0 Å². The Morgan fingerprint density at radius 3 is 2.47 bits per heavy atom. The van der Waals surface area contributed by atoms with Crippen LogP contribution in [0.5, 0.6) is 0 Å². The molecule has 0 aliphatic heterocycles. The molecule has 0 heterocycles. The lowest BCUT2D eigenvalue weighted by atomic mass is 9.95. The van der Waals surface area contributed by atoms with E-state index in [1.54, 1.807) is 7.11 Å². The topological polar surface area (TPSA) is 35.5 Å². The summed E-state index contributed by atoms with van der Waals surface area (Å²) in [6.07, 6.45) is 5.49. The number of methoxy groups -OCH3 is 1. The molecule has 0 aromatic rings. The summed E-state index contributed by atoms with van der Waals surface area (Å²) in [5, 5.41) is 0. The van der Waals surface area contributed by atoms with Gasteiger partial charge in [-0.25, -0.2) is 0 Å². The van der Waals surface area contributed by atoms with Gasteiger partial charge >= 0.3 is 5.97 Å². The molecule has 4 atom stereocenters. The monoisotopic (exact) mass is 212 g/mol. The second-order valence-electron chi connectivity index (χ2n) is 4.90. The molecule has 15 heavy (non-hydrogen) atoms. The van der Waals surface area contributed by atoms with E-state index in [0.29, 0.717) is 5.92 Å².